The Bertz CT molecular complexity index is 1420. The van der Waals surface area contributed by atoms with Crippen LogP contribution in [0.1, 0.15) is 21.8 Å². The molecule has 5 heterocycles. The fraction of sp³-hybridized carbons (Fsp3) is 0.143. The maximum absolute atomic E-state index is 12.5. The van der Waals surface area contributed by atoms with Gasteiger partial charge in [-0.2, -0.15) is 5.10 Å². The highest BCUT2D eigenvalue weighted by Crippen LogP contribution is 2.22. The summed E-state index contributed by atoms with van der Waals surface area (Å²) in [5.41, 5.74) is 3.58. The molecule has 11 heteroatoms. The zero-order valence-electron chi connectivity index (χ0n) is 17.4. The first-order valence-electron chi connectivity index (χ1n) is 9.81. The minimum absolute atomic E-state index is 0.0390. The molecule has 11 nitrogen and oxygen atoms in total. The van der Waals surface area contributed by atoms with E-state index in [1.807, 2.05) is 49.0 Å². The van der Waals surface area contributed by atoms with Gasteiger partial charge in [0.15, 0.2) is 0 Å². The van der Waals surface area contributed by atoms with Crippen molar-refractivity contribution in [3.05, 3.63) is 72.5 Å². The van der Waals surface area contributed by atoms with Gasteiger partial charge in [0.25, 0.3) is 5.89 Å². The zero-order valence-corrected chi connectivity index (χ0v) is 17.4. The second-order valence-electron chi connectivity index (χ2n) is 7.14. The Balaban J connectivity index is 1.30. The fourth-order valence-electron chi connectivity index (χ4n) is 3.19. The molecule has 0 aromatic carbocycles. The van der Waals surface area contributed by atoms with Crippen molar-refractivity contribution in [2.75, 3.05) is 5.32 Å². The van der Waals surface area contributed by atoms with Crippen LogP contribution in [-0.4, -0.2) is 40.0 Å². The summed E-state index contributed by atoms with van der Waals surface area (Å²) in [7, 11) is 1.81. The van der Waals surface area contributed by atoms with E-state index in [9.17, 15) is 4.79 Å². The highest BCUT2D eigenvalue weighted by molar-refractivity contribution is 5.90. The summed E-state index contributed by atoms with van der Waals surface area (Å²) in [5, 5.41) is 10.0. The van der Waals surface area contributed by atoms with Crippen molar-refractivity contribution in [3.63, 3.8) is 0 Å². The number of rotatable bonds is 6. The van der Waals surface area contributed by atoms with E-state index in [1.165, 1.54) is 6.26 Å². The Kier molecular flexibility index (Phi) is 4.82. The van der Waals surface area contributed by atoms with Crippen LogP contribution in [0.2, 0.25) is 0 Å². The number of amides is 1. The lowest BCUT2D eigenvalue weighted by atomic mass is 10.2. The SMILES string of the molecule is Cc1cnc(Nc2ccnn2C)nc1-c1coc(C(=O)NCc2ccc3nccn3c2)n1. The molecule has 5 aromatic heterocycles. The number of carbonyl (C=O) groups is 1. The number of imidazole rings is 1. The highest BCUT2D eigenvalue weighted by atomic mass is 16.4. The van der Waals surface area contributed by atoms with E-state index in [0.717, 1.165) is 22.6 Å². The molecule has 0 fully saturated rings. The van der Waals surface area contributed by atoms with Crippen LogP contribution >= 0.6 is 0 Å². The molecule has 0 atom stereocenters. The molecule has 160 valence electrons. The second-order valence-corrected chi connectivity index (χ2v) is 7.14. The summed E-state index contributed by atoms with van der Waals surface area (Å²) in [6, 6.07) is 5.61. The molecule has 0 unspecified atom stereocenters. The van der Waals surface area contributed by atoms with Gasteiger partial charge < -0.3 is 19.5 Å². The van der Waals surface area contributed by atoms with Gasteiger partial charge in [0.2, 0.25) is 5.95 Å². The molecule has 0 bridgehead atoms. The van der Waals surface area contributed by atoms with Crippen LogP contribution in [0.3, 0.4) is 0 Å². The molecule has 0 aliphatic carbocycles. The molecular weight excluding hydrogens is 410 g/mol. The number of hydrogen-bond acceptors (Lipinski definition) is 8. The van der Waals surface area contributed by atoms with Gasteiger partial charge in [-0.1, -0.05) is 6.07 Å². The molecule has 1 amide bonds. The highest BCUT2D eigenvalue weighted by Gasteiger charge is 2.17. The van der Waals surface area contributed by atoms with Gasteiger partial charge >= 0.3 is 5.91 Å². The number of pyridine rings is 1. The molecule has 0 radical (unpaired) electrons. The number of carbonyl (C=O) groups excluding carboxylic acids is 1. The van der Waals surface area contributed by atoms with Gasteiger partial charge in [-0.25, -0.2) is 19.9 Å². The van der Waals surface area contributed by atoms with Crippen LogP contribution in [0.15, 0.2) is 59.9 Å². The van der Waals surface area contributed by atoms with E-state index in [4.69, 9.17) is 4.42 Å². The Morgan fingerprint density at radius 3 is 2.91 bits per heavy atom. The Morgan fingerprint density at radius 1 is 1.16 bits per heavy atom. The van der Waals surface area contributed by atoms with Crippen molar-refractivity contribution in [3.8, 4) is 11.4 Å². The first-order valence-corrected chi connectivity index (χ1v) is 9.81. The van der Waals surface area contributed by atoms with Crippen LogP contribution in [0.4, 0.5) is 11.8 Å². The summed E-state index contributed by atoms with van der Waals surface area (Å²) in [6.45, 7) is 2.19. The number of hydrogen-bond donors (Lipinski definition) is 2. The number of oxazole rings is 1. The second kappa shape index (κ2) is 7.95. The summed E-state index contributed by atoms with van der Waals surface area (Å²) in [5.74, 6) is 0.678. The van der Waals surface area contributed by atoms with Gasteiger partial charge in [0.1, 0.15) is 29.1 Å². The first kappa shape index (κ1) is 19.4. The van der Waals surface area contributed by atoms with Crippen LogP contribution in [0.25, 0.3) is 17.0 Å². The topological polar surface area (TPSA) is 128 Å². The van der Waals surface area contributed by atoms with Crippen molar-refractivity contribution < 1.29 is 9.21 Å². The predicted molar refractivity (Wildman–Crippen MR) is 115 cm³/mol. The number of anilines is 2. The average molecular weight is 429 g/mol. The van der Waals surface area contributed by atoms with Crippen molar-refractivity contribution >= 4 is 23.3 Å². The molecule has 0 aliphatic heterocycles. The molecule has 2 N–H and O–H groups in total. The normalized spacial score (nSPS) is 11.1. The maximum Gasteiger partial charge on any atom is 0.307 e. The molecule has 0 aliphatic rings. The van der Waals surface area contributed by atoms with E-state index in [0.29, 0.717) is 23.9 Å². The maximum atomic E-state index is 12.5. The molecule has 0 saturated heterocycles. The van der Waals surface area contributed by atoms with Crippen LogP contribution < -0.4 is 10.6 Å². The summed E-state index contributed by atoms with van der Waals surface area (Å²) >= 11 is 0. The minimum Gasteiger partial charge on any atom is -0.440 e. The zero-order chi connectivity index (χ0) is 22.1. The summed E-state index contributed by atoms with van der Waals surface area (Å²) < 4.78 is 8.97. The Labute approximate surface area is 182 Å². The van der Waals surface area contributed by atoms with E-state index in [-0.39, 0.29) is 5.89 Å². The van der Waals surface area contributed by atoms with Gasteiger partial charge in [0.05, 0.1) is 6.20 Å². The van der Waals surface area contributed by atoms with Crippen molar-refractivity contribution in [2.45, 2.75) is 13.5 Å². The molecule has 5 aromatic rings. The molecule has 0 saturated carbocycles. The lowest BCUT2D eigenvalue weighted by molar-refractivity contribution is 0.0916. The largest absolute Gasteiger partial charge is 0.440 e. The lowest BCUT2D eigenvalue weighted by Gasteiger charge is -2.07. The quantitative estimate of drug-likeness (QED) is 0.421. The van der Waals surface area contributed by atoms with E-state index >= 15 is 0 Å². The molecule has 0 spiro atoms. The number of nitrogens with zero attached hydrogens (tertiary/aromatic N) is 7. The molecule has 32 heavy (non-hydrogen) atoms. The van der Waals surface area contributed by atoms with E-state index < -0.39 is 5.91 Å². The van der Waals surface area contributed by atoms with Gasteiger partial charge in [-0.3, -0.25) is 9.48 Å². The van der Waals surface area contributed by atoms with Crippen molar-refractivity contribution in [2.24, 2.45) is 7.05 Å². The standard InChI is InChI=1S/C21H19N9O2/c1-13-9-24-21(27-17-5-6-25-29(17)2)28-18(13)15-12-32-20(26-15)19(31)23-10-14-3-4-16-22-7-8-30(16)11-14/h3-9,11-12H,10H2,1-2H3,(H,23,31)(H,24,27,28). The van der Waals surface area contributed by atoms with Crippen LogP contribution in [0.5, 0.6) is 0 Å². The first-order chi connectivity index (χ1) is 15.6. The number of fused-ring (bicyclic) bond motifs is 1. The van der Waals surface area contributed by atoms with Gasteiger partial charge in [0, 0.05) is 44.4 Å². The smallest absolute Gasteiger partial charge is 0.307 e. The monoisotopic (exact) mass is 429 g/mol. The number of nitrogens with one attached hydrogen (secondary N) is 2. The van der Waals surface area contributed by atoms with Gasteiger partial charge in [-0.15, -0.1) is 0 Å². The summed E-state index contributed by atoms with van der Waals surface area (Å²) in [6.07, 6.45) is 10.2. The Hall–Kier alpha value is -4.54. The van der Waals surface area contributed by atoms with Crippen molar-refractivity contribution in [1.82, 2.24) is 39.4 Å². The third-order valence-corrected chi connectivity index (χ3v) is 4.88. The third-order valence-electron chi connectivity index (χ3n) is 4.88. The molecular formula is C21H19N9O2. The molecule has 5 rings (SSSR count). The summed E-state index contributed by atoms with van der Waals surface area (Å²) in [4.78, 5) is 29.9. The Morgan fingerprint density at radius 2 is 2.06 bits per heavy atom. The predicted octanol–water partition coefficient (Wildman–Crippen LogP) is 2.49. The van der Waals surface area contributed by atoms with E-state index in [1.54, 1.807) is 23.3 Å². The van der Waals surface area contributed by atoms with Gasteiger partial charge in [-0.05, 0) is 24.1 Å². The van der Waals surface area contributed by atoms with Crippen LogP contribution in [0, 0.1) is 6.92 Å². The number of aromatic nitrogens is 7. The van der Waals surface area contributed by atoms with Crippen molar-refractivity contribution in [1.29, 1.82) is 0 Å². The minimum atomic E-state index is -0.415. The van der Waals surface area contributed by atoms with E-state index in [2.05, 4.69) is 35.7 Å². The van der Waals surface area contributed by atoms with Crippen LogP contribution in [-0.2, 0) is 13.6 Å². The third kappa shape index (κ3) is 3.78. The lowest BCUT2D eigenvalue weighted by Crippen LogP contribution is -2.23. The fourth-order valence-corrected chi connectivity index (χ4v) is 3.19. The number of aryl methyl sites for hydroxylation is 2. The average Bonchev–Trinajstić information content (AvgIpc) is 3.54.